The summed E-state index contributed by atoms with van der Waals surface area (Å²) in [6, 6.07) is 19.9. The Morgan fingerprint density at radius 1 is 0.941 bits per heavy atom. The maximum absolute atomic E-state index is 12.9. The summed E-state index contributed by atoms with van der Waals surface area (Å²) in [4.78, 5) is 27.2. The van der Waals surface area contributed by atoms with E-state index in [1.54, 1.807) is 24.0 Å². The number of carbonyl (C=O) groups excluding carboxylic acids is 1. The van der Waals surface area contributed by atoms with Crippen molar-refractivity contribution in [2.24, 2.45) is 0 Å². The van der Waals surface area contributed by atoms with Gasteiger partial charge in [-0.3, -0.25) is 19.6 Å². The third-order valence-corrected chi connectivity index (χ3v) is 7.14. The molecule has 0 atom stereocenters. The Hall–Kier alpha value is -3.92. The number of nitrogens with zero attached hydrogens (tertiary/aromatic N) is 3. The number of carbonyl (C=O) groups is 1. The smallest absolute Gasteiger partial charge is 0.273 e. The van der Waals surface area contributed by atoms with E-state index >= 15 is 0 Å². The lowest BCUT2D eigenvalue weighted by Gasteiger charge is -2.36. The first-order chi connectivity index (χ1) is 16.2. The molecule has 3 aromatic rings. The number of nitro groups is 1. The molecule has 3 aromatic carbocycles. The summed E-state index contributed by atoms with van der Waals surface area (Å²) < 4.78 is 27.8. The lowest BCUT2D eigenvalue weighted by molar-refractivity contribution is -0.385. The Bertz CT molecular complexity index is 1300. The maximum Gasteiger partial charge on any atom is 0.273 e. The van der Waals surface area contributed by atoms with Gasteiger partial charge in [-0.05, 0) is 49.4 Å². The molecule has 0 radical (unpaired) electrons. The van der Waals surface area contributed by atoms with Gasteiger partial charge in [0.05, 0.1) is 9.82 Å². The topological polar surface area (TPSA) is 113 Å². The van der Waals surface area contributed by atoms with Crippen LogP contribution in [-0.2, 0) is 10.0 Å². The highest BCUT2D eigenvalue weighted by Crippen LogP contribution is 2.24. The summed E-state index contributed by atoms with van der Waals surface area (Å²) >= 11 is 0. The van der Waals surface area contributed by atoms with E-state index in [1.165, 1.54) is 24.3 Å². The molecular weight excluding hydrogens is 456 g/mol. The molecule has 1 fully saturated rings. The van der Waals surface area contributed by atoms with Crippen molar-refractivity contribution in [3.63, 3.8) is 0 Å². The van der Waals surface area contributed by atoms with Gasteiger partial charge in [-0.2, -0.15) is 0 Å². The fraction of sp³-hybridized carbons (Fsp3) is 0.208. The van der Waals surface area contributed by atoms with Crippen molar-refractivity contribution in [1.82, 2.24) is 4.90 Å². The standard InChI is InChI=1S/C24H24N4O5S/c1-18-7-12-22(17-23(18)28(30)31)34(32,33)25-20-10-8-19(9-11-20)24(29)27-15-13-26(14-16-27)21-5-3-2-4-6-21/h2-12,17,25H,13-16H2,1H3. The molecule has 0 unspecified atom stereocenters. The molecule has 0 aliphatic carbocycles. The normalized spacial score (nSPS) is 14.0. The van der Waals surface area contributed by atoms with Gasteiger partial charge in [0, 0.05) is 54.7 Å². The number of nitrogens with one attached hydrogen (secondary N) is 1. The van der Waals surface area contributed by atoms with E-state index in [9.17, 15) is 23.3 Å². The van der Waals surface area contributed by atoms with Crippen LogP contribution in [0.5, 0.6) is 0 Å². The summed E-state index contributed by atoms with van der Waals surface area (Å²) in [5.41, 5.74) is 1.95. The van der Waals surface area contributed by atoms with Gasteiger partial charge in [0.1, 0.15) is 0 Å². The third-order valence-electron chi connectivity index (χ3n) is 5.76. The van der Waals surface area contributed by atoms with Crippen LogP contribution in [0.15, 0.2) is 77.7 Å². The molecule has 176 valence electrons. The lowest BCUT2D eigenvalue weighted by atomic mass is 10.1. The highest BCUT2D eigenvalue weighted by Gasteiger charge is 2.23. The summed E-state index contributed by atoms with van der Waals surface area (Å²) in [5, 5.41) is 11.1. The van der Waals surface area contributed by atoms with E-state index in [4.69, 9.17) is 0 Å². The van der Waals surface area contributed by atoms with Crippen LogP contribution in [0.2, 0.25) is 0 Å². The van der Waals surface area contributed by atoms with Crippen molar-refractivity contribution in [1.29, 1.82) is 0 Å². The quantitative estimate of drug-likeness (QED) is 0.426. The minimum absolute atomic E-state index is 0.115. The molecule has 10 heteroatoms. The number of nitro benzene ring substituents is 1. The molecule has 1 N–H and O–H groups in total. The highest BCUT2D eigenvalue weighted by molar-refractivity contribution is 7.92. The van der Waals surface area contributed by atoms with Gasteiger partial charge in [-0.15, -0.1) is 0 Å². The van der Waals surface area contributed by atoms with E-state index in [1.807, 2.05) is 30.3 Å². The molecule has 1 aliphatic heterocycles. The van der Waals surface area contributed by atoms with Gasteiger partial charge < -0.3 is 9.80 Å². The number of benzene rings is 3. The van der Waals surface area contributed by atoms with E-state index < -0.39 is 14.9 Å². The molecule has 1 amide bonds. The van der Waals surface area contributed by atoms with Gasteiger partial charge in [-0.25, -0.2) is 8.42 Å². The van der Waals surface area contributed by atoms with Gasteiger partial charge in [-0.1, -0.05) is 24.3 Å². The van der Waals surface area contributed by atoms with Crippen molar-refractivity contribution < 1.29 is 18.1 Å². The number of amides is 1. The predicted molar refractivity (Wildman–Crippen MR) is 130 cm³/mol. The molecule has 0 saturated carbocycles. The number of rotatable bonds is 6. The van der Waals surface area contributed by atoms with E-state index in [2.05, 4.69) is 9.62 Å². The zero-order chi connectivity index (χ0) is 24.3. The van der Waals surface area contributed by atoms with Crippen LogP contribution < -0.4 is 9.62 Å². The Kier molecular flexibility index (Phi) is 6.51. The molecule has 34 heavy (non-hydrogen) atoms. The Morgan fingerprint density at radius 2 is 1.59 bits per heavy atom. The van der Waals surface area contributed by atoms with E-state index in [0.29, 0.717) is 24.2 Å². The summed E-state index contributed by atoms with van der Waals surface area (Å²) in [7, 11) is -4.03. The number of piperazine rings is 1. The molecule has 1 heterocycles. The van der Waals surface area contributed by atoms with Crippen LogP contribution in [0, 0.1) is 17.0 Å². The maximum atomic E-state index is 12.9. The van der Waals surface area contributed by atoms with E-state index in [0.717, 1.165) is 24.8 Å². The minimum Gasteiger partial charge on any atom is -0.368 e. The number of hydrogen-bond acceptors (Lipinski definition) is 6. The second kappa shape index (κ2) is 9.52. The molecule has 0 spiro atoms. The SMILES string of the molecule is Cc1ccc(S(=O)(=O)Nc2ccc(C(=O)N3CCN(c4ccccc4)CC3)cc2)cc1[N+](=O)[O-]. The molecule has 4 rings (SSSR count). The van der Waals surface area contributed by atoms with Gasteiger partial charge in [0.15, 0.2) is 0 Å². The zero-order valence-electron chi connectivity index (χ0n) is 18.5. The number of para-hydroxylation sites is 1. The largest absolute Gasteiger partial charge is 0.368 e. The average molecular weight is 481 g/mol. The first-order valence-electron chi connectivity index (χ1n) is 10.7. The first-order valence-corrected chi connectivity index (χ1v) is 12.2. The molecule has 9 nitrogen and oxygen atoms in total. The Balaban J connectivity index is 1.41. The van der Waals surface area contributed by atoms with Crippen LogP contribution >= 0.6 is 0 Å². The molecule has 0 bridgehead atoms. The van der Waals surface area contributed by atoms with Gasteiger partial charge in [0.2, 0.25) is 0 Å². The van der Waals surface area contributed by atoms with Crippen molar-refractivity contribution >= 4 is 33.0 Å². The number of anilines is 2. The van der Waals surface area contributed by atoms with Crippen LogP contribution in [0.3, 0.4) is 0 Å². The summed E-state index contributed by atoms with van der Waals surface area (Å²) in [6.45, 7) is 4.19. The molecule has 1 saturated heterocycles. The van der Waals surface area contributed by atoms with Crippen molar-refractivity contribution in [2.45, 2.75) is 11.8 Å². The highest BCUT2D eigenvalue weighted by atomic mass is 32.2. The molecular formula is C24H24N4O5S. The zero-order valence-corrected chi connectivity index (χ0v) is 19.4. The average Bonchev–Trinajstić information content (AvgIpc) is 2.84. The summed E-state index contributed by atoms with van der Waals surface area (Å²) in [6.07, 6.45) is 0. The second-order valence-corrected chi connectivity index (χ2v) is 9.69. The van der Waals surface area contributed by atoms with Gasteiger partial charge in [0.25, 0.3) is 21.6 Å². The lowest BCUT2D eigenvalue weighted by Crippen LogP contribution is -2.48. The minimum atomic E-state index is -4.03. The predicted octanol–water partition coefficient (Wildman–Crippen LogP) is 3.67. The fourth-order valence-corrected chi connectivity index (χ4v) is 4.92. The number of sulfonamides is 1. The van der Waals surface area contributed by atoms with Crippen molar-refractivity contribution in [3.05, 3.63) is 94.0 Å². The molecule has 1 aliphatic rings. The fourth-order valence-electron chi connectivity index (χ4n) is 3.84. The third kappa shape index (κ3) is 5.01. The number of aryl methyl sites for hydroxylation is 1. The Morgan fingerprint density at radius 3 is 2.21 bits per heavy atom. The van der Waals surface area contributed by atoms with Crippen LogP contribution in [0.25, 0.3) is 0 Å². The second-order valence-electron chi connectivity index (χ2n) is 8.00. The number of hydrogen-bond donors (Lipinski definition) is 1. The van der Waals surface area contributed by atoms with Crippen molar-refractivity contribution in [2.75, 3.05) is 35.8 Å². The monoisotopic (exact) mass is 480 g/mol. The van der Waals surface area contributed by atoms with Crippen LogP contribution in [0.1, 0.15) is 15.9 Å². The first kappa shape index (κ1) is 23.2. The van der Waals surface area contributed by atoms with Crippen LogP contribution in [0.4, 0.5) is 17.1 Å². The van der Waals surface area contributed by atoms with Crippen molar-refractivity contribution in [3.8, 4) is 0 Å². The van der Waals surface area contributed by atoms with E-state index in [-0.39, 0.29) is 22.2 Å². The molecule has 0 aromatic heterocycles. The summed E-state index contributed by atoms with van der Waals surface area (Å²) in [5.74, 6) is -0.115. The Labute approximate surface area is 197 Å². The van der Waals surface area contributed by atoms with Gasteiger partial charge >= 0.3 is 0 Å². The van der Waals surface area contributed by atoms with Crippen LogP contribution in [-0.4, -0.2) is 50.3 Å².